The Bertz CT molecular complexity index is 1040. The molecule has 0 unspecified atom stereocenters. The number of anilines is 1. The third-order valence-electron chi connectivity index (χ3n) is 4.68. The number of halogens is 1. The Morgan fingerprint density at radius 3 is 2.64 bits per heavy atom. The predicted molar refractivity (Wildman–Crippen MR) is 101 cm³/mol. The first-order valence-corrected chi connectivity index (χ1v) is 8.74. The van der Waals surface area contributed by atoms with Gasteiger partial charge in [0.2, 0.25) is 0 Å². The zero-order valence-electron chi connectivity index (χ0n) is 13.6. The molecule has 2 aromatic carbocycles. The van der Waals surface area contributed by atoms with Gasteiger partial charge in [0.25, 0.3) is 11.5 Å². The van der Waals surface area contributed by atoms with Crippen LogP contribution in [0, 0.1) is 0 Å². The van der Waals surface area contributed by atoms with Crippen LogP contribution in [0.5, 0.6) is 0 Å². The summed E-state index contributed by atoms with van der Waals surface area (Å²) in [6, 6.07) is 12.5. The molecule has 1 aliphatic rings. The van der Waals surface area contributed by atoms with Crippen LogP contribution >= 0.6 is 11.6 Å². The molecule has 4 nitrogen and oxygen atoms in total. The van der Waals surface area contributed by atoms with Crippen molar-refractivity contribution in [2.75, 3.05) is 5.32 Å². The lowest BCUT2D eigenvalue weighted by Gasteiger charge is -2.17. The molecule has 0 bridgehead atoms. The summed E-state index contributed by atoms with van der Waals surface area (Å²) in [7, 11) is 0. The molecule has 1 amide bonds. The van der Waals surface area contributed by atoms with Crippen molar-refractivity contribution in [1.29, 1.82) is 0 Å². The minimum Gasteiger partial charge on any atom is -0.322 e. The first-order chi connectivity index (χ1) is 12.1. The van der Waals surface area contributed by atoms with E-state index in [9.17, 15) is 9.59 Å². The number of aromatic nitrogens is 1. The smallest absolute Gasteiger partial charge is 0.255 e. The Morgan fingerprint density at radius 2 is 1.84 bits per heavy atom. The van der Waals surface area contributed by atoms with Gasteiger partial charge in [0, 0.05) is 27.2 Å². The first-order valence-electron chi connectivity index (χ1n) is 8.36. The van der Waals surface area contributed by atoms with Gasteiger partial charge in [-0.25, -0.2) is 0 Å². The van der Waals surface area contributed by atoms with E-state index in [1.165, 1.54) is 0 Å². The Morgan fingerprint density at radius 1 is 1.04 bits per heavy atom. The second-order valence-corrected chi connectivity index (χ2v) is 6.78. The van der Waals surface area contributed by atoms with Gasteiger partial charge in [-0.05, 0) is 61.6 Å². The SMILES string of the molecule is O=C(Nc1ccc2c3c(c(=O)[nH]c2c1)CCCC3)c1cccc(Cl)c1. The quantitative estimate of drug-likeness (QED) is 0.721. The number of rotatable bonds is 2. The average Bonchev–Trinajstić information content (AvgIpc) is 2.62. The van der Waals surface area contributed by atoms with Crippen LogP contribution in [0.2, 0.25) is 5.02 Å². The van der Waals surface area contributed by atoms with Gasteiger partial charge in [-0.2, -0.15) is 0 Å². The second kappa shape index (κ2) is 6.37. The second-order valence-electron chi connectivity index (χ2n) is 6.34. The van der Waals surface area contributed by atoms with Gasteiger partial charge in [0.1, 0.15) is 0 Å². The Kier molecular flexibility index (Phi) is 4.06. The van der Waals surface area contributed by atoms with Crippen LogP contribution in [0.3, 0.4) is 0 Å². The molecular formula is C20H17ClN2O2. The fourth-order valence-electron chi connectivity index (χ4n) is 3.47. The number of carbonyl (C=O) groups is 1. The van der Waals surface area contributed by atoms with Crippen LogP contribution in [-0.4, -0.2) is 10.9 Å². The van der Waals surface area contributed by atoms with Crippen molar-refractivity contribution < 1.29 is 4.79 Å². The number of pyridine rings is 1. The highest BCUT2D eigenvalue weighted by Gasteiger charge is 2.16. The predicted octanol–water partition coefficient (Wildman–Crippen LogP) is 4.31. The van der Waals surface area contributed by atoms with Crippen LogP contribution in [0.1, 0.15) is 34.3 Å². The summed E-state index contributed by atoms with van der Waals surface area (Å²) in [5.41, 5.74) is 3.94. The standard InChI is InChI=1S/C20H17ClN2O2/c21-13-5-3-4-12(10-13)19(24)22-14-8-9-16-15-6-1-2-7-17(15)20(25)23-18(16)11-14/h3-5,8-11H,1-2,6-7H2,(H,22,24)(H,23,25). The molecule has 0 spiro atoms. The summed E-state index contributed by atoms with van der Waals surface area (Å²) in [5, 5.41) is 4.44. The van der Waals surface area contributed by atoms with Crippen molar-refractivity contribution in [3.05, 3.63) is 74.5 Å². The topological polar surface area (TPSA) is 62.0 Å². The van der Waals surface area contributed by atoms with Gasteiger partial charge in [-0.1, -0.05) is 23.7 Å². The van der Waals surface area contributed by atoms with E-state index in [0.29, 0.717) is 16.3 Å². The number of aryl methyl sites for hydroxylation is 1. The monoisotopic (exact) mass is 352 g/mol. The third kappa shape index (κ3) is 3.05. The number of fused-ring (bicyclic) bond motifs is 3. The number of H-pyrrole nitrogens is 1. The molecule has 126 valence electrons. The average molecular weight is 353 g/mol. The Labute approximate surface area is 149 Å². The van der Waals surface area contributed by atoms with Gasteiger partial charge in [0.05, 0.1) is 5.52 Å². The lowest BCUT2D eigenvalue weighted by atomic mass is 9.90. The molecule has 0 saturated heterocycles. The summed E-state index contributed by atoms with van der Waals surface area (Å²) >= 11 is 5.94. The molecule has 0 radical (unpaired) electrons. The maximum absolute atomic E-state index is 12.4. The molecule has 1 heterocycles. The van der Waals surface area contributed by atoms with Crippen LogP contribution in [0.25, 0.3) is 10.9 Å². The summed E-state index contributed by atoms with van der Waals surface area (Å²) in [5.74, 6) is -0.234. The zero-order valence-corrected chi connectivity index (χ0v) is 14.3. The molecule has 1 aromatic heterocycles. The highest BCUT2D eigenvalue weighted by Crippen LogP contribution is 2.27. The number of amides is 1. The van der Waals surface area contributed by atoms with E-state index in [1.807, 2.05) is 18.2 Å². The lowest BCUT2D eigenvalue weighted by molar-refractivity contribution is 0.102. The third-order valence-corrected chi connectivity index (χ3v) is 4.91. The van der Waals surface area contributed by atoms with Crippen LogP contribution in [0.15, 0.2) is 47.3 Å². The highest BCUT2D eigenvalue weighted by molar-refractivity contribution is 6.31. The molecule has 5 heteroatoms. The van der Waals surface area contributed by atoms with E-state index in [-0.39, 0.29) is 11.5 Å². The normalized spacial score (nSPS) is 13.5. The summed E-state index contributed by atoms with van der Waals surface area (Å²) in [6.45, 7) is 0. The Hall–Kier alpha value is -2.59. The zero-order chi connectivity index (χ0) is 17.4. The van der Waals surface area contributed by atoms with Gasteiger partial charge in [-0.3, -0.25) is 9.59 Å². The molecule has 3 aromatic rings. The van der Waals surface area contributed by atoms with Crippen molar-refractivity contribution in [1.82, 2.24) is 4.98 Å². The van der Waals surface area contributed by atoms with E-state index in [4.69, 9.17) is 11.6 Å². The summed E-state index contributed by atoms with van der Waals surface area (Å²) in [6.07, 6.45) is 3.95. The van der Waals surface area contributed by atoms with E-state index >= 15 is 0 Å². The molecule has 4 rings (SSSR count). The molecule has 0 atom stereocenters. The van der Waals surface area contributed by atoms with Gasteiger partial charge in [0.15, 0.2) is 0 Å². The molecule has 0 fully saturated rings. The van der Waals surface area contributed by atoms with Gasteiger partial charge >= 0.3 is 0 Å². The minimum atomic E-state index is -0.234. The molecule has 25 heavy (non-hydrogen) atoms. The van der Waals surface area contributed by atoms with Crippen molar-refractivity contribution in [2.45, 2.75) is 25.7 Å². The van der Waals surface area contributed by atoms with Crippen LogP contribution in [0.4, 0.5) is 5.69 Å². The van der Waals surface area contributed by atoms with E-state index in [2.05, 4.69) is 10.3 Å². The maximum atomic E-state index is 12.4. The van der Waals surface area contributed by atoms with E-state index < -0.39 is 0 Å². The molecular weight excluding hydrogens is 336 g/mol. The fourth-order valence-corrected chi connectivity index (χ4v) is 3.66. The van der Waals surface area contributed by atoms with Crippen molar-refractivity contribution in [3.8, 4) is 0 Å². The largest absolute Gasteiger partial charge is 0.322 e. The number of aromatic amines is 1. The van der Waals surface area contributed by atoms with Gasteiger partial charge in [-0.15, -0.1) is 0 Å². The molecule has 1 aliphatic carbocycles. The van der Waals surface area contributed by atoms with Crippen molar-refractivity contribution in [2.24, 2.45) is 0 Å². The first kappa shape index (κ1) is 15.9. The lowest BCUT2D eigenvalue weighted by Crippen LogP contribution is -2.19. The number of hydrogen-bond donors (Lipinski definition) is 2. The Balaban J connectivity index is 1.70. The molecule has 2 N–H and O–H groups in total. The molecule has 0 aliphatic heterocycles. The number of benzene rings is 2. The van der Waals surface area contributed by atoms with Crippen molar-refractivity contribution >= 4 is 34.1 Å². The number of nitrogens with one attached hydrogen (secondary N) is 2. The number of carbonyl (C=O) groups excluding carboxylic acids is 1. The highest BCUT2D eigenvalue weighted by atomic mass is 35.5. The summed E-state index contributed by atoms with van der Waals surface area (Å²) < 4.78 is 0. The van der Waals surface area contributed by atoms with Gasteiger partial charge < -0.3 is 10.3 Å². The minimum absolute atomic E-state index is 0.0134. The maximum Gasteiger partial charge on any atom is 0.255 e. The summed E-state index contributed by atoms with van der Waals surface area (Å²) in [4.78, 5) is 27.6. The van der Waals surface area contributed by atoms with E-state index in [0.717, 1.165) is 47.7 Å². The van der Waals surface area contributed by atoms with Crippen LogP contribution in [-0.2, 0) is 12.8 Å². The van der Waals surface area contributed by atoms with E-state index in [1.54, 1.807) is 24.3 Å². The fraction of sp³-hybridized carbons (Fsp3) is 0.200. The van der Waals surface area contributed by atoms with Crippen LogP contribution < -0.4 is 10.9 Å². The van der Waals surface area contributed by atoms with Crippen molar-refractivity contribution in [3.63, 3.8) is 0 Å². The number of hydrogen-bond acceptors (Lipinski definition) is 2. The molecule has 0 saturated carbocycles.